The van der Waals surface area contributed by atoms with Crippen LogP contribution in [0, 0.1) is 5.82 Å². The first-order chi connectivity index (χ1) is 8.74. The Kier molecular flexibility index (Phi) is 2.76. The van der Waals surface area contributed by atoms with Gasteiger partial charge >= 0.3 is 0 Å². The largest absolute Gasteiger partial charge is 0.491 e. The maximum Gasteiger partial charge on any atom is 0.261 e. The summed E-state index contributed by atoms with van der Waals surface area (Å²) in [6.07, 6.45) is 0. The van der Waals surface area contributed by atoms with Crippen molar-refractivity contribution < 1.29 is 13.9 Å². The van der Waals surface area contributed by atoms with E-state index in [-0.39, 0.29) is 17.8 Å². The van der Waals surface area contributed by atoms with E-state index in [9.17, 15) is 9.18 Å². The van der Waals surface area contributed by atoms with Crippen molar-refractivity contribution >= 4 is 17.2 Å². The van der Waals surface area contributed by atoms with E-state index in [1.54, 1.807) is 12.1 Å². The molecule has 1 amide bonds. The van der Waals surface area contributed by atoms with Crippen molar-refractivity contribution in [3.05, 3.63) is 52.0 Å². The first-order valence-electron chi connectivity index (χ1n) is 5.50. The van der Waals surface area contributed by atoms with E-state index < -0.39 is 0 Å². The SMILES string of the molecule is O=C(NC1COc2ccc(F)cc21)c1cccs1. The fourth-order valence-corrected chi connectivity index (χ4v) is 2.57. The Balaban J connectivity index is 1.81. The summed E-state index contributed by atoms with van der Waals surface area (Å²) >= 11 is 1.37. The van der Waals surface area contributed by atoms with Gasteiger partial charge in [-0.3, -0.25) is 4.79 Å². The van der Waals surface area contributed by atoms with Gasteiger partial charge in [0.05, 0.1) is 10.9 Å². The van der Waals surface area contributed by atoms with Crippen molar-refractivity contribution in [2.24, 2.45) is 0 Å². The zero-order valence-corrected chi connectivity index (χ0v) is 10.2. The number of amides is 1. The number of hydrogen-bond acceptors (Lipinski definition) is 3. The van der Waals surface area contributed by atoms with Gasteiger partial charge in [0.2, 0.25) is 0 Å². The van der Waals surface area contributed by atoms with Crippen LogP contribution in [0.25, 0.3) is 0 Å². The number of fused-ring (bicyclic) bond motifs is 1. The van der Waals surface area contributed by atoms with Crippen LogP contribution in [-0.2, 0) is 0 Å². The minimum atomic E-state index is -0.324. The molecule has 5 heteroatoms. The Bertz CT molecular complexity index is 583. The molecule has 1 aliphatic heterocycles. The molecule has 1 aromatic carbocycles. The highest BCUT2D eigenvalue weighted by Gasteiger charge is 2.26. The average Bonchev–Trinajstić information content (AvgIpc) is 2.99. The third-order valence-corrected chi connectivity index (χ3v) is 3.67. The molecule has 2 heterocycles. The summed E-state index contributed by atoms with van der Waals surface area (Å²) in [5, 5.41) is 4.69. The number of hydrogen-bond donors (Lipinski definition) is 1. The number of benzene rings is 1. The van der Waals surface area contributed by atoms with Crippen molar-refractivity contribution in [1.29, 1.82) is 0 Å². The molecule has 1 N–H and O–H groups in total. The van der Waals surface area contributed by atoms with E-state index in [4.69, 9.17) is 4.74 Å². The summed E-state index contributed by atoms with van der Waals surface area (Å²) in [4.78, 5) is 12.5. The second-order valence-electron chi connectivity index (χ2n) is 4.00. The van der Waals surface area contributed by atoms with E-state index in [0.29, 0.717) is 22.8 Å². The quantitative estimate of drug-likeness (QED) is 0.904. The van der Waals surface area contributed by atoms with Crippen LogP contribution >= 0.6 is 11.3 Å². The van der Waals surface area contributed by atoms with Crippen LogP contribution in [0.3, 0.4) is 0 Å². The van der Waals surface area contributed by atoms with Crippen LogP contribution in [-0.4, -0.2) is 12.5 Å². The van der Waals surface area contributed by atoms with E-state index in [2.05, 4.69) is 5.32 Å². The lowest BCUT2D eigenvalue weighted by Gasteiger charge is -2.10. The monoisotopic (exact) mass is 263 g/mol. The van der Waals surface area contributed by atoms with Crippen LogP contribution in [0.4, 0.5) is 4.39 Å². The van der Waals surface area contributed by atoms with E-state index in [1.807, 2.05) is 11.4 Å². The predicted molar refractivity (Wildman–Crippen MR) is 66.4 cm³/mol. The normalized spacial score (nSPS) is 17.1. The topological polar surface area (TPSA) is 38.3 Å². The predicted octanol–water partition coefficient (Wildman–Crippen LogP) is 2.75. The zero-order chi connectivity index (χ0) is 12.5. The molecule has 0 spiro atoms. The smallest absolute Gasteiger partial charge is 0.261 e. The molecule has 3 rings (SSSR count). The lowest BCUT2D eigenvalue weighted by Crippen LogP contribution is -2.28. The standard InChI is InChI=1S/C13H10FNO2S/c14-8-3-4-11-9(6-8)10(7-17-11)15-13(16)12-2-1-5-18-12/h1-6,10H,7H2,(H,15,16). The molecule has 18 heavy (non-hydrogen) atoms. The second kappa shape index (κ2) is 4.42. The van der Waals surface area contributed by atoms with Crippen LogP contribution in [0.15, 0.2) is 35.7 Å². The van der Waals surface area contributed by atoms with Gasteiger partial charge in [-0.25, -0.2) is 4.39 Å². The molecule has 2 aromatic rings. The lowest BCUT2D eigenvalue weighted by atomic mass is 10.1. The van der Waals surface area contributed by atoms with E-state index >= 15 is 0 Å². The Labute approximate surface area is 107 Å². The number of nitrogens with one attached hydrogen (secondary N) is 1. The third kappa shape index (κ3) is 1.97. The zero-order valence-electron chi connectivity index (χ0n) is 9.35. The molecule has 0 saturated carbocycles. The summed E-state index contributed by atoms with van der Waals surface area (Å²) in [6, 6.07) is 7.62. The number of carbonyl (C=O) groups is 1. The van der Waals surface area contributed by atoms with Crippen molar-refractivity contribution in [3.63, 3.8) is 0 Å². The summed E-state index contributed by atoms with van der Waals surface area (Å²) < 4.78 is 18.6. The Hall–Kier alpha value is -1.88. The van der Waals surface area contributed by atoms with Crippen molar-refractivity contribution in [3.8, 4) is 5.75 Å². The summed E-state index contributed by atoms with van der Waals surface area (Å²) in [7, 11) is 0. The molecule has 1 atom stereocenters. The van der Waals surface area contributed by atoms with Gasteiger partial charge in [-0.05, 0) is 29.6 Å². The maximum absolute atomic E-state index is 13.2. The van der Waals surface area contributed by atoms with Crippen LogP contribution in [0.1, 0.15) is 21.3 Å². The molecule has 0 radical (unpaired) electrons. The fraction of sp³-hybridized carbons (Fsp3) is 0.154. The highest BCUT2D eigenvalue weighted by molar-refractivity contribution is 7.12. The van der Waals surface area contributed by atoms with Crippen molar-refractivity contribution in [2.45, 2.75) is 6.04 Å². The van der Waals surface area contributed by atoms with E-state index in [1.165, 1.54) is 23.5 Å². The van der Waals surface area contributed by atoms with Crippen LogP contribution < -0.4 is 10.1 Å². The molecule has 0 bridgehead atoms. The van der Waals surface area contributed by atoms with Gasteiger partial charge in [0.1, 0.15) is 18.2 Å². The van der Waals surface area contributed by atoms with Gasteiger partial charge in [0.15, 0.2) is 0 Å². The summed E-state index contributed by atoms with van der Waals surface area (Å²) in [5.41, 5.74) is 0.694. The first kappa shape index (κ1) is 11.2. The minimum absolute atomic E-state index is 0.157. The number of ether oxygens (including phenoxy) is 1. The Morgan fingerprint density at radius 3 is 3.11 bits per heavy atom. The Morgan fingerprint density at radius 1 is 1.44 bits per heavy atom. The lowest BCUT2D eigenvalue weighted by molar-refractivity contribution is 0.0934. The van der Waals surface area contributed by atoms with E-state index in [0.717, 1.165) is 0 Å². The minimum Gasteiger partial charge on any atom is -0.491 e. The highest BCUT2D eigenvalue weighted by atomic mass is 32.1. The molecule has 0 fully saturated rings. The third-order valence-electron chi connectivity index (χ3n) is 2.80. The first-order valence-corrected chi connectivity index (χ1v) is 6.38. The summed E-state index contributed by atoms with van der Waals surface area (Å²) in [6.45, 7) is 0.343. The van der Waals surface area contributed by atoms with Gasteiger partial charge in [0, 0.05) is 5.56 Å². The van der Waals surface area contributed by atoms with Gasteiger partial charge in [-0.2, -0.15) is 0 Å². The van der Waals surface area contributed by atoms with Gasteiger partial charge in [-0.15, -0.1) is 11.3 Å². The van der Waals surface area contributed by atoms with Gasteiger partial charge < -0.3 is 10.1 Å². The van der Waals surface area contributed by atoms with Gasteiger partial charge in [0.25, 0.3) is 5.91 Å². The molecule has 92 valence electrons. The number of rotatable bonds is 2. The highest BCUT2D eigenvalue weighted by Crippen LogP contribution is 2.32. The van der Waals surface area contributed by atoms with Crippen LogP contribution in [0.5, 0.6) is 5.75 Å². The number of carbonyl (C=O) groups excluding carboxylic acids is 1. The van der Waals surface area contributed by atoms with Crippen molar-refractivity contribution in [2.75, 3.05) is 6.61 Å². The molecule has 3 nitrogen and oxygen atoms in total. The van der Waals surface area contributed by atoms with Crippen LogP contribution in [0.2, 0.25) is 0 Å². The molecular formula is C13H10FNO2S. The van der Waals surface area contributed by atoms with Gasteiger partial charge in [-0.1, -0.05) is 6.07 Å². The maximum atomic E-state index is 13.2. The molecule has 1 aliphatic rings. The molecule has 1 unspecified atom stereocenters. The average molecular weight is 263 g/mol. The summed E-state index contributed by atoms with van der Waals surface area (Å²) in [5.74, 6) is 0.151. The fourth-order valence-electron chi connectivity index (χ4n) is 1.94. The second-order valence-corrected chi connectivity index (χ2v) is 4.94. The van der Waals surface area contributed by atoms with Crippen molar-refractivity contribution in [1.82, 2.24) is 5.32 Å². The number of halogens is 1. The molecule has 0 saturated heterocycles. The molecule has 1 aromatic heterocycles. The molecule has 0 aliphatic carbocycles. The Morgan fingerprint density at radius 2 is 2.33 bits per heavy atom. The molecular weight excluding hydrogens is 253 g/mol. The number of thiophene rings is 1.